The van der Waals surface area contributed by atoms with Crippen LogP contribution in [0.15, 0.2) is 18.2 Å². The van der Waals surface area contributed by atoms with E-state index < -0.39 is 0 Å². The predicted octanol–water partition coefficient (Wildman–Crippen LogP) is 0.889. The summed E-state index contributed by atoms with van der Waals surface area (Å²) < 4.78 is 0. The molecule has 1 amide bonds. The standard InChI is InChI=1S/C11H17N3O/c1-3-14(7-11(13)15)10-6-4-5-9(12)8(10)2/h4-6H,3,7,12H2,1-2H3,(H2,13,15). The molecule has 0 radical (unpaired) electrons. The number of carbonyl (C=O) groups excluding carboxylic acids is 1. The molecule has 1 aromatic carbocycles. The highest BCUT2D eigenvalue weighted by Gasteiger charge is 2.10. The Morgan fingerprint density at radius 2 is 2.13 bits per heavy atom. The molecule has 1 rings (SSSR count). The minimum absolute atomic E-state index is 0.223. The molecule has 4 heteroatoms. The first-order chi connectivity index (χ1) is 7.06. The summed E-state index contributed by atoms with van der Waals surface area (Å²) in [6.45, 7) is 4.87. The molecule has 0 aromatic heterocycles. The average Bonchev–Trinajstić information content (AvgIpc) is 2.19. The highest BCUT2D eigenvalue weighted by Crippen LogP contribution is 2.24. The smallest absolute Gasteiger partial charge is 0.236 e. The molecule has 0 spiro atoms. The van der Waals surface area contributed by atoms with Gasteiger partial charge in [0.1, 0.15) is 0 Å². The van der Waals surface area contributed by atoms with E-state index in [0.29, 0.717) is 0 Å². The summed E-state index contributed by atoms with van der Waals surface area (Å²) in [4.78, 5) is 12.8. The van der Waals surface area contributed by atoms with Crippen molar-refractivity contribution in [1.82, 2.24) is 0 Å². The van der Waals surface area contributed by atoms with Gasteiger partial charge in [0.05, 0.1) is 6.54 Å². The van der Waals surface area contributed by atoms with Crippen LogP contribution in [0, 0.1) is 6.92 Å². The van der Waals surface area contributed by atoms with Crippen molar-refractivity contribution >= 4 is 17.3 Å². The fourth-order valence-electron chi connectivity index (χ4n) is 1.54. The summed E-state index contributed by atoms with van der Waals surface area (Å²) in [5.41, 5.74) is 13.7. The van der Waals surface area contributed by atoms with Gasteiger partial charge in [-0.25, -0.2) is 0 Å². The van der Waals surface area contributed by atoms with Crippen LogP contribution in [-0.4, -0.2) is 19.0 Å². The van der Waals surface area contributed by atoms with Crippen LogP contribution >= 0.6 is 0 Å². The van der Waals surface area contributed by atoms with E-state index in [1.54, 1.807) is 0 Å². The molecule has 1 aromatic rings. The predicted molar refractivity (Wildman–Crippen MR) is 62.7 cm³/mol. The van der Waals surface area contributed by atoms with Gasteiger partial charge in [-0.2, -0.15) is 0 Å². The van der Waals surface area contributed by atoms with Crippen molar-refractivity contribution < 1.29 is 4.79 Å². The molecule has 82 valence electrons. The zero-order chi connectivity index (χ0) is 11.4. The Morgan fingerprint density at radius 3 is 2.67 bits per heavy atom. The Labute approximate surface area is 89.9 Å². The maximum atomic E-state index is 10.9. The van der Waals surface area contributed by atoms with Crippen LogP contribution in [0.1, 0.15) is 12.5 Å². The number of primary amides is 1. The van der Waals surface area contributed by atoms with Gasteiger partial charge in [0.2, 0.25) is 5.91 Å². The quantitative estimate of drug-likeness (QED) is 0.720. The van der Waals surface area contributed by atoms with Gasteiger partial charge < -0.3 is 16.4 Å². The Hall–Kier alpha value is -1.71. The number of benzene rings is 1. The van der Waals surface area contributed by atoms with E-state index in [9.17, 15) is 4.79 Å². The minimum atomic E-state index is -0.335. The minimum Gasteiger partial charge on any atom is -0.398 e. The molecule has 0 bridgehead atoms. The molecular formula is C11H17N3O. The van der Waals surface area contributed by atoms with E-state index in [-0.39, 0.29) is 12.5 Å². The Balaban J connectivity index is 3.01. The van der Waals surface area contributed by atoms with Gasteiger partial charge in [-0.1, -0.05) is 6.07 Å². The van der Waals surface area contributed by atoms with Crippen molar-refractivity contribution in [2.45, 2.75) is 13.8 Å². The number of nitrogens with zero attached hydrogens (tertiary/aromatic N) is 1. The number of hydrogen-bond donors (Lipinski definition) is 2. The maximum Gasteiger partial charge on any atom is 0.236 e. The second-order valence-corrected chi connectivity index (χ2v) is 3.47. The van der Waals surface area contributed by atoms with E-state index in [1.807, 2.05) is 36.9 Å². The Bertz CT molecular complexity index is 363. The van der Waals surface area contributed by atoms with Gasteiger partial charge in [-0.3, -0.25) is 4.79 Å². The lowest BCUT2D eigenvalue weighted by molar-refractivity contribution is -0.116. The lowest BCUT2D eigenvalue weighted by Gasteiger charge is -2.23. The number of nitrogen functional groups attached to an aromatic ring is 1. The third-order valence-electron chi connectivity index (χ3n) is 2.42. The number of hydrogen-bond acceptors (Lipinski definition) is 3. The summed E-state index contributed by atoms with van der Waals surface area (Å²) in [6.07, 6.45) is 0. The van der Waals surface area contributed by atoms with Crippen LogP contribution in [-0.2, 0) is 4.79 Å². The second kappa shape index (κ2) is 4.68. The van der Waals surface area contributed by atoms with E-state index in [0.717, 1.165) is 23.5 Å². The van der Waals surface area contributed by atoms with Crippen molar-refractivity contribution in [1.29, 1.82) is 0 Å². The van der Waals surface area contributed by atoms with Crippen LogP contribution < -0.4 is 16.4 Å². The monoisotopic (exact) mass is 207 g/mol. The van der Waals surface area contributed by atoms with Gasteiger partial charge in [-0.05, 0) is 31.5 Å². The fourth-order valence-corrected chi connectivity index (χ4v) is 1.54. The number of anilines is 2. The highest BCUT2D eigenvalue weighted by molar-refractivity contribution is 5.80. The van der Waals surface area contributed by atoms with Crippen molar-refractivity contribution in [3.05, 3.63) is 23.8 Å². The van der Waals surface area contributed by atoms with Crippen LogP contribution in [0.5, 0.6) is 0 Å². The van der Waals surface area contributed by atoms with E-state index in [4.69, 9.17) is 11.5 Å². The molecule has 15 heavy (non-hydrogen) atoms. The van der Waals surface area contributed by atoms with E-state index in [1.165, 1.54) is 0 Å². The molecule has 0 aliphatic heterocycles. The molecule has 4 nitrogen and oxygen atoms in total. The van der Waals surface area contributed by atoms with Crippen LogP contribution in [0.4, 0.5) is 11.4 Å². The Morgan fingerprint density at radius 1 is 1.47 bits per heavy atom. The van der Waals surface area contributed by atoms with E-state index in [2.05, 4.69) is 0 Å². The summed E-state index contributed by atoms with van der Waals surface area (Å²) in [6, 6.07) is 5.66. The summed E-state index contributed by atoms with van der Waals surface area (Å²) in [7, 11) is 0. The third kappa shape index (κ3) is 2.62. The van der Waals surface area contributed by atoms with Crippen molar-refractivity contribution in [2.24, 2.45) is 5.73 Å². The second-order valence-electron chi connectivity index (χ2n) is 3.47. The van der Waals surface area contributed by atoms with Gasteiger partial charge in [0.25, 0.3) is 0 Å². The number of nitrogens with two attached hydrogens (primary N) is 2. The van der Waals surface area contributed by atoms with Gasteiger partial charge in [0, 0.05) is 17.9 Å². The molecule has 0 atom stereocenters. The van der Waals surface area contributed by atoms with Gasteiger partial charge >= 0.3 is 0 Å². The van der Waals surface area contributed by atoms with Crippen molar-refractivity contribution in [3.8, 4) is 0 Å². The molecule has 0 aliphatic carbocycles. The molecule has 0 unspecified atom stereocenters. The molecule has 0 saturated carbocycles. The lowest BCUT2D eigenvalue weighted by atomic mass is 10.1. The normalized spacial score (nSPS) is 10.0. The zero-order valence-corrected chi connectivity index (χ0v) is 9.16. The number of rotatable bonds is 4. The first-order valence-electron chi connectivity index (χ1n) is 4.94. The summed E-state index contributed by atoms with van der Waals surface area (Å²) in [5.74, 6) is -0.335. The number of carbonyl (C=O) groups is 1. The molecule has 4 N–H and O–H groups in total. The number of amides is 1. The average molecular weight is 207 g/mol. The van der Waals surface area contributed by atoms with Crippen molar-refractivity contribution in [3.63, 3.8) is 0 Å². The molecule has 0 aliphatic rings. The first kappa shape index (κ1) is 11.4. The zero-order valence-electron chi connectivity index (χ0n) is 9.16. The summed E-state index contributed by atoms with van der Waals surface area (Å²) in [5, 5.41) is 0. The molecule has 0 saturated heterocycles. The fraction of sp³-hybridized carbons (Fsp3) is 0.364. The topological polar surface area (TPSA) is 72.3 Å². The van der Waals surface area contributed by atoms with E-state index >= 15 is 0 Å². The summed E-state index contributed by atoms with van der Waals surface area (Å²) >= 11 is 0. The molecule has 0 heterocycles. The maximum absolute atomic E-state index is 10.9. The van der Waals surface area contributed by atoms with Crippen LogP contribution in [0.3, 0.4) is 0 Å². The van der Waals surface area contributed by atoms with Crippen LogP contribution in [0.2, 0.25) is 0 Å². The largest absolute Gasteiger partial charge is 0.398 e. The molecule has 0 fully saturated rings. The van der Waals surface area contributed by atoms with Crippen molar-refractivity contribution in [2.75, 3.05) is 23.7 Å². The SMILES string of the molecule is CCN(CC(N)=O)c1cccc(N)c1C. The van der Waals surface area contributed by atoms with Crippen LogP contribution in [0.25, 0.3) is 0 Å². The highest BCUT2D eigenvalue weighted by atomic mass is 16.1. The lowest BCUT2D eigenvalue weighted by Crippen LogP contribution is -2.34. The van der Waals surface area contributed by atoms with Gasteiger partial charge in [0.15, 0.2) is 0 Å². The number of likely N-dealkylation sites (N-methyl/N-ethyl adjacent to an activating group) is 1. The first-order valence-corrected chi connectivity index (χ1v) is 4.94. The molecular weight excluding hydrogens is 190 g/mol. The van der Waals surface area contributed by atoms with Gasteiger partial charge in [-0.15, -0.1) is 0 Å². The third-order valence-corrected chi connectivity index (χ3v) is 2.42. The Kier molecular flexibility index (Phi) is 3.55.